The predicted molar refractivity (Wildman–Crippen MR) is 84.3 cm³/mol. The number of hydrogen-bond acceptors (Lipinski definition) is 3. The molecule has 20 heavy (non-hydrogen) atoms. The highest BCUT2D eigenvalue weighted by atomic mass is 79.9. The molecule has 2 N–H and O–H groups in total. The molecule has 0 aliphatic carbocycles. The minimum atomic E-state index is -3.47. The fourth-order valence-corrected chi connectivity index (χ4v) is 4.62. The van der Waals surface area contributed by atoms with Gasteiger partial charge in [0, 0.05) is 11.0 Å². The third kappa shape index (κ3) is 3.81. The lowest BCUT2D eigenvalue weighted by Gasteiger charge is -2.34. The van der Waals surface area contributed by atoms with E-state index >= 15 is 0 Å². The molecular formula is C14H21BrN2O2S. The molecule has 0 unspecified atom stereocenters. The number of aryl methyl sites for hydroxylation is 1. The van der Waals surface area contributed by atoms with Gasteiger partial charge < -0.3 is 5.32 Å². The standard InChI is InChI=1S/C14H21BrN2O2S/c1-11-3-4-12(15)13(9-11)20(18,19)17-10-14(2)5-7-16-8-6-14/h3-4,9,16-17H,5-8,10H2,1-2H3. The molecule has 1 heterocycles. The van der Waals surface area contributed by atoms with Gasteiger partial charge in [-0.25, -0.2) is 13.1 Å². The van der Waals surface area contributed by atoms with Gasteiger partial charge in [0.05, 0.1) is 4.90 Å². The second kappa shape index (κ2) is 6.13. The summed E-state index contributed by atoms with van der Waals surface area (Å²) in [6, 6.07) is 5.35. The van der Waals surface area contributed by atoms with Crippen molar-refractivity contribution in [2.75, 3.05) is 19.6 Å². The Morgan fingerprint density at radius 2 is 2.00 bits per heavy atom. The monoisotopic (exact) mass is 360 g/mol. The number of halogens is 1. The summed E-state index contributed by atoms with van der Waals surface area (Å²) < 4.78 is 28.2. The van der Waals surface area contributed by atoms with Gasteiger partial charge in [-0.2, -0.15) is 0 Å². The zero-order valence-electron chi connectivity index (χ0n) is 11.9. The van der Waals surface area contributed by atoms with Crippen LogP contribution in [-0.2, 0) is 10.0 Å². The van der Waals surface area contributed by atoms with Crippen molar-refractivity contribution in [2.45, 2.75) is 31.6 Å². The molecule has 6 heteroatoms. The van der Waals surface area contributed by atoms with Crippen LogP contribution in [0.25, 0.3) is 0 Å². The summed E-state index contributed by atoms with van der Waals surface area (Å²) in [5, 5.41) is 3.30. The molecule has 1 saturated heterocycles. The highest BCUT2D eigenvalue weighted by Gasteiger charge is 2.29. The molecule has 4 nitrogen and oxygen atoms in total. The van der Waals surface area contributed by atoms with E-state index in [-0.39, 0.29) is 5.41 Å². The van der Waals surface area contributed by atoms with Crippen LogP contribution in [0.4, 0.5) is 0 Å². The van der Waals surface area contributed by atoms with Crippen LogP contribution in [0, 0.1) is 12.3 Å². The van der Waals surface area contributed by atoms with Gasteiger partial charge in [-0.3, -0.25) is 0 Å². The van der Waals surface area contributed by atoms with Crippen LogP contribution in [-0.4, -0.2) is 28.1 Å². The number of benzene rings is 1. The zero-order chi connectivity index (χ0) is 14.8. The van der Waals surface area contributed by atoms with Gasteiger partial charge in [-0.05, 0) is 71.9 Å². The third-order valence-corrected chi connectivity index (χ3v) is 6.27. The summed E-state index contributed by atoms with van der Waals surface area (Å²) in [5.41, 5.74) is 0.968. The largest absolute Gasteiger partial charge is 0.317 e. The van der Waals surface area contributed by atoms with Crippen LogP contribution in [0.15, 0.2) is 27.6 Å². The normalized spacial score (nSPS) is 18.9. The summed E-state index contributed by atoms with van der Waals surface area (Å²) >= 11 is 3.32. The Balaban J connectivity index is 2.13. The number of piperidine rings is 1. The summed E-state index contributed by atoms with van der Waals surface area (Å²) in [4.78, 5) is 0.315. The molecule has 1 aliphatic rings. The molecule has 1 aliphatic heterocycles. The molecule has 1 aromatic rings. The van der Waals surface area contributed by atoms with Crippen LogP contribution in [0.3, 0.4) is 0 Å². The first-order valence-corrected chi connectivity index (χ1v) is 9.07. The maximum Gasteiger partial charge on any atom is 0.241 e. The summed E-state index contributed by atoms with van der Waals surface area (Å²) in [6.45, 7) is 6.41. The Morgan fingerprint density at radius 3 is 2.65 bits per heavy atom. The van der Waals surface area contributed by atoms with Crippen molar-refractivity contribution in [2.24, 2.45) is 5.41 Å². The average molecular weight is 361 g/mol. The lowest BCUT2D eigenvalue weighted by atomic mass is 9.81. The molecule has 0 atom stereocenters. The van der Waals surface area contributed by atoms with E-state index < -0.39 is 10.0 Å². The van der Waals surface area contributed by atoms with Gasteiger partial charge in [0.15, 0.2) is 0 Å². The minimum Gasteiger partial charge on any atom is -0.317 e. The Kier molecular flexibility index (Phi) is 4.89. The van der Waals surface area contributed by atoms with Gasteiger partial charge in [-0.1, -0.05) is 13.0 Å². The molecule has 0 radical (unpaired) electrons. The van der Waals surface area contributed by atoms with E-state index in [0.29, 0.717) is 15.9 Å². The third-order valence-electron chi connectivity index (χ3n) is 3.88. The van der Waals surface area contributed by atoms with Gasteiger partial charge >= 0.3 is 0 Å². The van der Waals surface area contributed by atoms with E-state index in [1.165, 1.54) is 0 Å². The number of nitrogens with one attached hydrogen (secondary N) is 2. The Labute approximate surface area is 129 Å². The second-order valence-corrected chi connectivity index (χ2v) is 8.41. The maximum atomic E-state index is 12.4. The molecule has 0 bridgehead atoms. The SMILES string of the molecule is Cc1ccc(Br)c(S(=O)(=O)NCC2(C)CCNCC2)c1. The van der Waals surface area contributed by atoms with E-state index in [4.69, 9.17) is 0 Å². The molecule has 1 fully saturated rings. The summed E-state index contributed by atoms with van der Waals surface area (Å²) in [7, 11) is -3.47. The molecular weight excluding hydrogens is 340 g/mol. The molecule has 0 aromatic heterocycles. The fraction of sp³-hybridized carbons (Fsp3) is 0.571. The van der Waals surface area contributed by atoms with Crippen molar-refractivity contribution < 1.29 is 8.42 Å². The van der Waals surface area contributed by atoms with Gasteiger partial charge in [0.1, 0.15) is 0 Å². The van der Waals surface area contributed by atoms with Crippen LogP contribution >= 0.6 is 15.9 Å². The number of sulfonamides is 1. The average Bonchev–Trinajstić information content (AvgIpc) is 2.40. The van der Waals surface area contributed by atoms with Crippen molar-refractivity contribution in [3.8, 4) is 0 Å². The van der Waals surface area contributed by atoms with Gasteiger partial charge in [0.25, 0.3) is 0 Å². The Morgan fingerprint density at radius 1 is 1.35 bits per heavy atom. The Hall–Kier alpha value is -0.430. The lowest BCUT2D eigenvalue weighted by Crippen LogP contribution is -2.42. The first-order chi connectivity index (χ1) is 9.32. The predicted octanol–water partition coefficient (Wildman–Crippen LogP) is 2.43. The number of hydrogen-bond donors (Lipinski definition) is 2. The van der Waals surface area contributed by atoms with Gasteiger partial charge in [0.2, 0.25) is 10.0 Å². The van der Waals surface area contributed by atoms with Crippen LogP contribution in [0.1, 0.15) is 25.3 Å². The molecule has 0 amide bonds. The highest BCUT2D eigenvalue weighted by molar-refractivity contribution is 9.10. The maximum absolute atomic E-state index is 12.4. The first-order valence-electron chi connectivity index (χ1n) is 6.79. The summed E-state index contributed by atoms with van der Waals surface area (Å²) in [6.07, 6.45) is 1.98. The Bertz CT molecular complexity index is 581. The lowest BCUT2D eigenvalue weighted by molar-refractivity contribution is 0.232. The molecule has 1 aromatic carbocycles. The topological polar surface area (TPSA) is 58.2 Å². The van der Waals surface area contributed by atoms with Gasteiger partial charge in [-0.15, -0.1) is 0 Å². The molecule has 2 rings (SSSR count). The van der Waals surface area contributed by atoms with E-state index in [2.05, 4.69) is 32.9 Å². The molecule has 0 saturated carbocycles. The van der Waals surface area contributed by atoms with Crippen molar-refractivity contribution in [3.63, 3.8) is 0 Å². The zero-order valence-corrected chi connectivity index (χ0v) is 14.3. The van der Waals surface area contributed by atoms with E-state index in [1.807, 2.05) is 13.0 Å². The smallest absolute Gasteiger partial charge is 0.241 e. The van der Waals surface area contributed by atoms with E-state index in [9.17, 15) is 8.42 Å². The van der Waals surface area contributed by atoms with E-state index in [0.717, 1.165) is 31.5 Å². The van der Waals surface area contributed by atoms with Crippen LogP contribution in [0.2, 0.25) is 0 Å². The molecule has 112 valence electrons. The van der Waals surface area contributed by atoms with Crippen molar-refractivity contribution >= 4 is 26.0 Å². The summed E-state index contributed by atoms with van der Waals surface area (Å²) in [5.74, 6) is 0. The van der Waals surface area contributed by atoms with Crippen molar-refractivity contribution in [1.82, 2.24) is 10.0 Å². The molecule has 0 spiro atoms. The fourth-order valence-electron chi connectivity index (χ4n) is 2.37. The van der Waals surface area contributed by atoms with Crippen LogP contribution < -0.4 is 10.0 Å². The number of rotatable bonds is 4. The van der Waals surface area contributed by atoms with E-state index in [1.54, 1.807) is 12.1 Å². The van der Waals surface area contributed by atoms with Crippen LogP contribution in [0.5, 0.6) is 0 Å². The minimum absolute atomic E-state index is 0.0363. The second-order valence-electron chi connectivity index (χ2n) is 5.82. The quantitative estimate of drug-likeness (QED) is 0.866. The van der Waals surface area contributed by atoms with Crippen molar-refractivity contribution in [3.05, 3.63) is 28.2 Å². The highest BCUT2D eigenvalue weighted by Crippen LogP contribution is 2.28. The first kappa shape index (κ1) is 15.9. The van der Waals surface area contributed by atoms with Crippen molar-refractivity contribution in [1.29, 1.82) is 0 Å².